The minimum Gasteiger partial charge on any atom is -0.313 e. The third-order valence-electron chi connectivity index (χ3n) is 4.30. The van der Waals surface area contributed by atoms with Crippen LogP contribution in [0.25, 0.3) is 0 Å². The molecule has 1 N–H and O–H groups in total. The Bertz CT molecular complexity index is 445. The monoisotopic (exact) mass is 308 g/mol. The molecule has 0 amide bonds. The van der Waals surface area contributed by atoms with Crippen LogP contribution in [-0.4, -0.2) is 31.1 Å². The number of benzene rings is 1. The van der Waals surface area contributed by atoms with Gasteiger partial charge in [0.1, 0.15) is 0 Å². The fourth-order valence-electron chi connectivity index (χ4n) is 3.13. The van der Waals surface area contributed by atoms with Crippen LogP contribution in [0.5, 0.6) is 0 Å². The molecule has 1 aliphatic rings. The van der Waals surface area contributed by atoms with Gasteiger partial charge in [-0.2, -0.15) is 0 Å². The Balaban J connectivity index is 1.90. The van der Waals surface area contributed by atoms with Crippen LogP contribution >= 0.6 is 11.6 Å². The highest BCUT2D eigenvalue weighted by molar-refractivity contribution is 6.31. The molecule has 1 unspecified atom stereocenters. The van der Waals surface area contributed by atoms with Crippen molar-refractivity contribution in [2.45, 2.75) is 52.1 Å². The maximum Gasteiger partial charge on any atom is 0.0451 e. The van der Waals surface area contributed by atoms with Gasteiger partial charge in [0, 0.05) is 30.7 Å². The van der Waals surface area contributed by atoms with Crippen molar-refractivity contribution in [3.8, 4) is 0 Å². The van der Waals surface area contributed by atoms with E-state index in [4.69, 9.17) is 11.6 Å². The highest BCUT2D eigenvalue weighted by atomic mass is 35.5. The second kappa shape index (κ2) is 7.62. The van der Waals surface area contributed by atoms with Gasteiger partial charge in [-0.15, -0.1) is 0 Å². The lowest BCUT2D eigenvalue weighted by atomic mass is 9.84. The average Bonchev–Trinajstić information content (AvgIpc) is 3.23. The fourth-order valence-corrected chi connectivity index (χ4v) is 3.33. The Morgan fingerprint density at radius 3 is 2.67 bits per heavy atom. The predicted octanol–water partition coefficient (Wildman–Crippen LogP) is 4.33. The van der Waals surface area contributed by atoms with Crippen LogP contribution in [0, 0.1) is 5.41 Å². The summed E-state index contributed by atoms with van der Waals surface area (Å²) in [6, 6.07) is 8.94. The zero-order valence-electron chi connectivity index (χ0n) is 13.7. The maximum atomic E-state index is 6.27. The number of hydrogen-bond acceptors (Lipinski definition) is 2. The van der Waals surface area contributed by atoms with E-state index in [0.29, 0.717) is 5.41 Å². The lowest BCUT2D eigenvalue weighted by Gasteiger charge is -2.34. The molecule has 0 aliphatic heterocycles. The average molecular weight is 309 g/mol. The van der Waals surface area contributed by atoms with Gasteiger partial charge in [-0.1, -0.05) is 50.1 Å². The minimum atomic E-state index is 0.341. The molecule has 1 atom stereocenters. The van der Waals surface area contributed by atoms with Crippen molar-refractivity contribution in [1.82, 2.24) is 10.2 Å². The third-order valence-corrected chi connectivity index (χ3v) is 4.67. The second-order valence-corrected chi connectivity index (χ2v) is 7.39. The molecular weight excluding hydrogens is 280 g/mol. The zero-order chi connectivity index (χ0) is 15.3. The van der Waals surface area contributed by atoms with E-state index < -0.39 is 0 Å². The molecule has 1 aromatic carbocycles. The smallest absolute Gasteiger partial charge is 0.0451 e. The molecule has 118 valence electrons. The summed E-state index contributed by atoms with van der Waals surface area (Å²) in [7, 11) is 2.20. The summed E-state index contributed by atoms with van der Waals surface area (Å²) in [4.78, 5) is 2.41. The Kier molecular flexibility index (Phi) is 6.09. The first-order valence-corrected chi connectivity index (χ1v) is 8.55. The fraction of sp³-hybridized carbons (Fsp3) is 0.667. The van der Waals surface area contributed by atoms with Crippen LogP contribution in [0.4, 0.5) is 0 Å². The highest BCUT2D eigenvalue weighted by Gasteiger charge is 2.29. The minimum absolute atomic E-state index is 0.341. The third kappa shape index (κ3) is 5.61. The van der Waals surface area contributed by atoms with Crippen molar-refractivity contribution in [1.29, 1.82) is 0 Å². The van der Waals surface area contributed by atoms with Crippen molar-refractivity contribution in [3.63, 3.8) is 0 Å². The first-order valence-electron chi connectivity index (χ1n) is 8.18. The van der Waals surface area contributed by atoms with E-state index in [-0.39, 0.29) is 0 Å². The van der Waals surface area contributed by atoms with Crippen molar-refractivity contribution < 1.29 is 0 Å². The molecular formula is C18H29ClN2. The second-order valence-electron chi connectivity index (χ2n) is 6.98. The van der Waals surface area contributed by atoms with Crippen LogP contribution in [0.15, 0.2) is 24.3 Å². The SMILES string of the molecule is CCCC(C)(CNC1CC1)CN(C)Cc1ccccc1Cl. The Hall–Kier alpha value is -0.570. The quantitative estimate of drug-likeness (QED) is 0.730. The standard InChI is InChI=1S/C18H29ClN2/c1-4-11-18(2,13-20-16-9-10-16)14-21(3)12-15-7-5-6-8-17(15)19/h5-8,16,20H,4,9-14H2,1-3H3. The van der Waals surface area contributed by atoms with Gasteiger partial charge < -0.3 is 10.2 Å². The summed E-state index contributed by atoms with van der Waals surface area (Å²) in [5.41, 5.74) is 1.56. The predicted molar refractivity (Wildman–Crippen MR) is 91.8 cm³/mol. The Morgan fingerprint density at radius 2 is 2.05 bits per heavy atom. The Labute approximate surface area is 134 Å². The first kappa shape index (κ1) is 16.8. The van der Waals surface area contributed by atoms with Gasteiger partial charge in [0.25, 0.3) is 0 Å². The molecule has 1 aliphatic carbocycles. The molecule has 0 saturated heterocycles. The van der Waals surface area contributed by atoms with E-state index in [1.165, 1.54) is 31.2 Å². The summed E-state index contributed by atoms with van der Waals surface area (Å²) in [6.07, 6.45) is 5.22. The van der Waals surface area contributed by atoms with Crippen LogP contribution in [0.2, 0.25) is 5.02 Å². The molecule has 0 aromatic heterocycles. The highest BCUT2D eigenvalue weighted by Crippen LogP contribution is 2.27. The number of rotatable bonds is 9. The van der Waals surface area contributed by atoms with Gasteiger partial charge in [-0.05, 0) is 43.4 Å². The zero-order valence-corrected chi connectivity index (χ0v) is 14.4. The van der Waals surface area contributed by atoms with Crippen molar-refractivity contribution >= 4 is 11.6 Å². The molecule has 0 bridgehead atoms. The van der Waals surface area contributed by atoms with Gasteiger partial charge in [0.15, 0.2) is 0 Å². The van der Waals surface area contributed by atoms with Crippen LogP contribution in [-0.2, 0) is 6.54 Å². The van der Waals surface area contributed by atoms with E-state index in [2.05, 4.69) is 43.2 Å². The molecule has 1 saturated carbocycles. The Morgan fingerprint density at radius 1 is 1.33 bits per heavy atom. The largest absolute Gasteiger partial charge is 0.313 e. The van der Waals surface area contributed by atoms with E-state index in [1.807, 2.05) is 12.1 Å². The molecule has 2 nitrogen and oxygen atoms in total. The normalized spacial score (nSPS) is 18.0. The van der Waals surface area contributed by atoms with Crippen molar-refractivity contribution in [2.24, 2.45) is 5.41 Å². The summed E-state index contributed by atoms with van der Waals surface area (Å²) in [6.45, 7) is 7.84. The van der Waals surface area contributed by atoms with Gasteiger partial charge in [0.05, 0.1) is 0 Å². The molecule has 21 heavy (non-hydrogen) atoms. The van der Waals surface area contributed by atoms with Gasteiger partial charge >= 0.3 is 0 Å². The molecule has 0 heterocycles. The first-order chi connectivity index (χ1) is 10.0. The van der Waals surface area contributed by atoms with Crippen molar-refractivity contribution in [3.05, 3.63) is 34.9 Å². The van der Waals surface area contributed by atoms with Crippen molar-refractivity contribution in [2.75, 3.05) is 20.1 Å². The van der Waals surface area contributed by atoms with Crippen LogP contribution in [0.3, 0.4) is 0 Å². The van der Waals surface area contributed by atoms with Crippen LogP contribution < -0.4 is 5.32 Å². The lowest BCUT2D eigenvalue weighted by Crippen LogP contribution is -2.41. The summed E-state index contributed by atoms with van der Waals surface area (Å²) >= 11 is 6.27. The topological polar surface area (TPSA) is 15.3 Å². The van der Waals surface area contributed by atoms with Gasteiger partial charge in [-0.25, -0.2) is 0 Å². The van der Waals surface area contributed by atoms with E-state index in [0.717, 1.165) is 30.7 Å². The number of hydrogen-bond donors (Lipinski definition) is 1. The summed E-state index contributed by atoms with van der Waals surface area (Å²) in [5.74, 6) is 0. The maximum absolute atomic E-state index is 6.27. The summed E-state index contributed by atoms with van der Waals surface area (Å²) < 4.78 is 0. The van der Waals surface area contributed by atoms with E-state index >= 15 is 0 Å². The van der Waals surface area contributed by atoms with Gasteiger partial charge in [-0.3, -0.25) is 0 Å². The van der Waals surface area contributed by atoms with Crippen LogP contribution in [0.1, 0.15) is 45.1 Å². The number of nitrogens with zero attached hydrogens (tertiary/aromatic N) is 1. The van der Waals surface area contributed by atoms with Gasteiger partial charge in [0.2, 0.25) is 0 Å². The molecule has 3 heteroatoms. The van der Waals surface area contributed by atoms with E-state index in [1.54, 1.807) is 0 Å². The summed E-state index contributed by atoms with van der Waals surface area (Å²) in [5, 5.41) is 4.58. The number of halogens is 1. The molecule has 2 rings (SSSR count). The molecule has 1 fully saturated rings. The molecule has 1 aromatic rings. The lowest BCUT2D eigenvalue weighted by molar-refractivity contribution is 0.168. The van der Waals surface area contributed by atoms with E-state index in [9.17, 15) is 0 Å². The molecule has 0 spiro atoms. The number of nitrogens with one attached hydrogen (secondary N) is 1. The molecule has 0 radical (unpaired) electrons.